The lowest BCUT2D eigenvalue weighted by Gasteiger charge is -2.22. The highest BCUT2D eigenvalue weighted by Crippen LogP contribution is 2.29. The Morgan fingerprint density at radius 3 is 2.91 bits per heavy atom. The first-order chi connectivity index (χ1) is 11.0. The van der Waals surface area contributed by atoms with Crippen molar-refractivity contribution in [3.05, 3.63) is 30.0 Å². The van der Waals surface area contributed by atoms with Crippen LogP contribution in [0.5, 0.6) is 0 Å². The van der Waals surface area contributed by atoms with E-state index >= 15 is 0 Å². The normalized spacial score (nSPS) is 19.3. The zero-order valence-electron chi connectivity index (χ0n) is 12.5. The molecule has 0 saturated carbocycles. The van der Waals surface area contributed by atoms with Gasteiger partial charge in [0.2, 0.25) is 15.8 Å². The summed E-state index contributed by atoms with van der Waals surface area (Å²) in [6.07, 6.45) is 2.53. The van der Waals surface area contributed by atoms with Gasteiger partial charge in [-0.15, -0.1) is 0 Å². The number of ketones is 1. The van der Waals surface area contributed by atoms with E-state index in [1.54, 1.807) is 6.07 Å². The monoisotopic (exact) mass is 336 g/mol. The van der Waals surface area contributed by atoms with Crippen molar-refractivity contribution in [1.82, 2.24) is 9.29 Å². The molecule has 2 aromatic rings. The summed E-state index contributed by atoms with van der Waals surface area (Å²) in [4.78, 5) is 25.3. The van der Waals surface area contributed by atoms with Crippen molar-refractivity contribution in [2.24, 2.45) is 0 Å². The fourth-order valence-corrected chi connectivity index (χ4v) is 4.53. The Morgan fingerprint density at radius 1 is 1.43 bits per heavy atom. The summed E-state index contributed by atoms with van der Waals surface area (Å²) in [5.74, 6) is -0.693. The molecule has 122 valence electrons. The number of Topliss-reactive ketones (excluding diaryl/α,β-unsaturated/α-hetero) is 1. The van der Waals surface area contributed by atoms with Crippen LogP contribution in [0.2, 0.25) is 0 Å². The van der Waals surface area contributed by atoms with Crippen LogP contribution in [0.15, 0.2) is 29.3 Å². The number of ether oxygens (including phenoxy) is 1. The summed E-state index contributed by atoms with van der Waals surface area (Å²) in [5, 5.41) is 0.413. The maximum atomic E-state index is 12.8. The van der Waals surface area contributed by atoms with Crippen LogP contribution >= 0.6 is 0 Å². The molecule has 1 aromatic heterocycles. The van der Waals surface area contributed by atoms with Gasteiger partial charge in [0.1, 0.15) is 6.23 Å². The summed E-state index contributed by atoms with van der Waals surface area (Å²) in [7, 11) is -2.24. The minimum atomic E-state index is -3.72. The van der Waals surface area contributed by atoms with E-state index in [0.29, 0.717) is 23.9 Å². The third-order valence-electron chi connectivity index (χ3n) is 4.06. The highest BCUT2D eigenvalue weighted by molar-refractivity contribution is 7.89. The van der Waals surface area contributed by atoms with Gasteiger partial charge in [-0.1, -0.05) is 0 Å². The number of H-pyrrole nitrogens is 1. The molecular formula is C15H16N2O5S. The third-order valence-corrected chi connectivity index (χ3v) is 5.94. The van der Waals surface area contributed by atoms with Gasteiger partial charge in [0, 0.05) is 30.8 Å². The van der Waals surface area contributed by atoms with Gasteiger partial charge in [-0.2, -0.15) is 4.31 Å². The molecule has 2 heterocycles. The van der Waals surface area contributed by atoms with E-state index in [9.17, 15) is 18.0 Å². The van der Waals surface area contributed by atoms with Gasteiger partial charge in [-0.3, -0.25) is 9.59 Å². The minimum absolute atomic E-state index is 0.0773. The summed E-state index contributed by atoms with van der Waals surface area (Å²) in [6.45, 7) is 0.395. The van der Waals surface area contributed by atoms with Crippen LogP contribution in [0, 0.1) is 0 Å². The van der Waals surface area contributed by atoms with E-state index in [2.05, 4.69) is 4.98 Å². The van der Waals surface area contributed by atoms with E-state index in [1.807, 2.05) is 0 Å². The van der Waals surface area contributed by atoms with Crippen LogP contribution in [-0.2, 0) is 19.6 Å². The van der Waals surface area contributed by atoms with Crippen LogP contribution in [0.1, 0.15) is 23.2 Å². The van der Waals surface area contributed by atoms with Gasteiger partial charge < -0.3 is 9.72 Å². The van der Waals surface area contributed by atoms with Gasteiger partial charge in [-0.25, -0.2) is 8.42 Å². The number of nitrogens with zero attached hydrogens (tertiary/aromatic N) is 1. The zero-order chi connectivity index (χ0) is 16.6. The highest BCUT2D eigenvalue weighted by Gasteiger charge is 2.35. The van der Waals surface area contributed by atoms with Gasteiger partial charge >= 0.3 is 0 Å². The minimum Gasteiger partial charge on any atom is -0.365 e. The topological polar surface area (TPSA) is 96.5 Å². The number of carbonyl (C=O) groups excluding carboxylic acids is 2. The number of aromatic nitrogens is 1. The Labute approximate surface area is 133 Å². The molecule has 0 bridgehead atoms. The second-order valence-corrected chi connectivity index (χ2v) is 7.23. The molecule has 1 aromatic carbocycles. The number of hydrogen-bond acceptors (Lipinski definition) is 5. The number of methoxy groups -OCH3 is 1. The number of rotatable bonds is 5. The molecular weight excluding hydrogens is 320 g/mol. The number of aromatic amines is 1. The third kappa shape index (κ3) is 2.58. The molecule has 1 aliphatic rings. The molecule has 1 unspecified atom stereocenters. The summed E-state index contributed by atoms with van der Waals surface area (Å²) in [6, 6.07) is 4.49. The maximum Gasteiger partial charge on any atom is 0.245 e. The summed E-state index contributed by atoms with van der Waals surface area (Å²) < 4.78 is 32.1. The Hall–Kier alpha value is -2.03. The molecule has 1 aliphatic heterocycles. The Bertz CT molecular complexity index is 871. The first-order valence-corrected chi connectivity index (χ1v) is 8.58. The average Bonchev–Trinajstić information content (AvgIpc) is 3.20. The number of hydrogen-bond donors (Lipinski definition) is 1. The standard InChI is InChI=1S/C15H16N2O5S/c1-22-15-3-2-6-17(15)23(20,21)10-4-5-13-11(7-10)12(8-16-13)14(19)9-18/h4-5,7-9,15-16H,2-3,6H2,1H3. The van der Waals surface area contributed by atoms with E-state index in [0.717, 1.165) is 6.42 Å². The maximum absolute atomic E-state index is 12.8. The molecule has 1 atom stereocenters. The van der Waals surface area contributed by atoms with Crippen molar-refractivity contribution < 1.29 is 22.7 Å². The van der Waals surface area contributed by atoms with Gasteiger partial charge in [0.25, 0.3) is 0 Å². The molecule has 23 heavy (non-hydrogen) atoms. The smallest absolute Gasteiger partial charge is 0.245 e. The van der Waals surface area contributed by atoms with E-state index < -0.39 is 22.0 Å². The van der Waals surface area contributed by atoms with Crippen molar-refractivity contribution >= 4 is 33.0 Å². The fourth-order valence-electron chi connectivity index (χ4n) is 2.88. The Morgan fingerprint density at radius 2 is 2.22 bits per heavy atom. The molecule has 1 fully saturated rings. The van der Waals surface area contributed by atoms with E-state index in [4.69, 9.17) is 4.74 Å². The molecule has 0 spiro atoms. The van der Waals surface area contributed by atoms with Crippen molar-refractivity contribution in [3.63, 3.8) is 0 Å². The van der Waals surface area contributed by atoms with E-state index in [-0.39, 0.29) is 16.7 Å². The number of sulfonamides is 1. The van der Waals surface area contributed by atoms with Gasteiger partial charge in [0.05, 0.1) is 10.5 Å². The van der Waals surface area contributed by atoms with Crippen molar-refractivity contribution in [3.8, 4) is 0 Å². The number of carbonyl (C=O) groups is 2. The van der Waals surface area contributed by atoms with Gasteiger partial charge in [-0.05, 0) is 31.0 Å². The van der Waals surface area contributed by atoms with Crippen LogP contribution in [0.4, 0.5) is 0 Å². The largest absolute Gasteiger partial charge is 0.365 e. The van der Waals surface area contributed by atoms with Crippen LogP contribution in [0.25, 0.3) is 10.9 Å². The number of aldehydes is 1. The summed E-state index contributed by atoms with van der Waals surface area (Å²) >= 11 is 0. The SMILES string of the molecule is COC1CCCN1S(=O)(=O)c1ccc2[nH]cc(C(=O)C=O)c2c1. The zero-order valence-corrected chi connectivity index (χ0v) is 13.3. The quantitative estimate of drug-likeness (QED) is 0.504. The number of nitrogens with one attached hydrogen (secondary N) is 1. The molecule has 0 amide bonds. The summed E-state index contributed by atoms with van der Waals surface area (Å²) in [5.41, 5.74) is 0.760. The van der Waals surface area contributed by atoms with Crippen molar-refractivity contribution in [1.29, 1.82) is 0 Å². The second kappa shape index (κ2) is 5.88. The lowest BCUT2D eigenvalue weighted by atomic mass is 10.1. The molecule has 0 aliphatic carbocycles. The molecule has 1 N–H and O–H groups in total. The van der Waals surface area contributed by atoms with Crippen LogP contribution < -0.4 is 0 Å². The molecule has 1 saturated heterocycles. The average molecular weight is 336 g/mol. The number of benzene rings is 1. The van der Waals surface area contributed by atoms with E-state index in [1.165, 1.54) is 29.7 Å². The molecule has 8 heteroatoms. The second-order valence-electron chi connectivity index (χ2n) is 5.34. The van der Waals surface area contributed by atoms with Crippen LogP contribution in [-0.4, -0.2) is 49.7 Å². The van der Waals surface area contributed by atoms with Crippen LogP contribution in [0.3, 0.4) is 0 Å². The number of fused-ring (bicyclic) bond motifs is 1. The van der Waals surface area contributed by atoms with Crippen molar-refractivity contribution in [2.75, 3.05) is 13.7 Å². The highest BCUT2D eigenvalue weighted by atomic mass is 32.2. The van der Waals surface area contributed by atoms with Crippen molar-refractivity contribution in [2.45, 2.75) is 24.0 Å². The lowest BCUT2D eigenvalue weighted by Crippen LogP contribution is -2.36. The Balaban J connectivity index is 2.09. The predicted octanol–water partition coefficient (Wildman–Crippen LogP) is 1.31. The molecule has 3 rings (SSSR count). The Kier molecular flexibility index (Phi) is 4.05. The first-order valence-electron chi connectivity index (χ1n) is 7.14. The molecule has 7 nitrogen and oxygen atoms in total. The first kappa shape index (κ1) is 15.9. The van der Waals surface area contributed by atoms with Gasteiger partial charge in [0.15, 0.2) is 6.29 Å². The fraction of sp³-hybridized carbons (Fsp3) is 0.333. The molecule has 0 radical (unpaired) electrons. The lowest BCUT2D eigenvalue weighted by molar-refractivity contribution is -0.104. The predicted molar refractivity (Wildman–Crippen MR) is 82.6 cm³/mol.